The maximum Gasteiger partial charge on any atom is 0.356 e. The van der Waals surface area contributed by atoms with Gasteiger partial charge in [-0.15, -0.1) is 11.8 Å². The molecule has 0 N–H and O–H groups in total. The van der Waals surface area contributed by atoms with Crippen molar-refractivity contribution in [3.8, 4) is 11.4 Å². The maximum absolute atomic E-state index is 12.1. The van der Waals surface area contributed by atoms with Crippen LogP contribution in [0.2, 0.25) is 0 Å². The van der Waals surface area contributed by atoms with Crippen LogP contribution < -0.4 is 4.90 Å². The summed E-state index contributed by atoms with van der Waals surface area (Å²) >= 11 is 1.50. The molecule has 1 fully saturated rings. The van der Waals surface area contributed by atoms with Gasteiger partial charge in [0.2, 0.25) is 0 Å². The van der Waals surface area contributed by atoms with Crippen molar-refractivity contribution in [2.24, 2.45) is 7.05 Å². The van der Waals surface area contributed by atoms with Gasteiger partial charge < -0.3 is 14.4 Å². The number of esters is 1. The van der Waals surface area contributed by atoms with Gasteiger partial charge in [0.15, 0.2) is 11.6 Å². The third-order valence-corrected chi connectivity index (χ3v) is 5.24. The van der Waals surface area contributed by atoms with E-state index in [0.717, 1.165) is 10.5 Å². The van der Waals surface area contributed by atoms with E-state index in [1.54, 1.807) is 16.9 Å². The van der Waals surface area contributed by atoms with Crippen LogP contribution in [0.1, 0.15) is 10.5 Å². The third kappa shape index (κ3) is 3.40. The van der Waals surface area contributed by atoms with Crippen LogP contribution in [0.5, 0.6) is 0 Å². The van der Waals surface area contributed by atoms with Crippen molar-refractivity contribution >= 4 is 34.6 Å². The lowest BCUT2D eigenvalue weighted by atomic mass is 10.2. The lowest BCUT2D eigenvalue weighted by Crippen LogP contribution is -2.37. The highest BCUT2D eigenvalue weighted by molar-refractivity contribution is 7.98. The molecule has 1 saturated heterocycles. The van der Waals surface area contributed by atoms with Gasteiger partial charge in [-0.2, -0.15) is 5.10 Å². The molecule has 10 heteroatoms. The zero-order chi connectivity index (χ0) is 19.7. The quantitative estimate of drug-likeness (QED) is 0.479. The van der Waals surface area contributed by atoms with Crippen molar-refractivity contribution in [3.05, 3.63) is 24.2 Å². The Morgan fingerprint density at radius 1 is 1.21 bits per heavy atom. The van der Waals surface area contributed by atoms with Gasteiger partial charge in [-0.25, -0.2) is 19.7 Å². The number of anilines is 1. The first-order valence-corrected chi connectivity index (χ1v) is 10.00. The molecule has 3 aromatic rings. The summed E-state index contributed by atoms with van der Waals surface area (Å²) in [7, 11) is 3.20. The summed E-state index contributed by atoms with van der Waals surface area (Å²) in [6, 6.07) is 1.71. The zero-order valence-electron chi connectivity index (χ0n) is 15.9. The predicted octanol–water partition coefficient (Wildman–Crippen LogP) is 1.77. The largest absolute Gasteiger partial charge is 0.464 e. The normalized spacial score (nSPS) is 14.5. The number of morpholine rings is 1. The summed E-state index contributed by atoms with van der Waals surface area (Å²) in [5.41, 5.74) is 2.35. The van der Waals surface area contributed by atoms with Crippen LogP contribution in [-0.4, -0.2) is 70.4 Å². The van der Waals surface area contributed by atoms with E-state index in [2.05, 4.69) is 15.0 Å². The van der Waals surface area contributed by atoms with E-state index in [0.29, 0.717) is 49.0 Å². The highest BCUT2D eigenvalue weighted by Crippen LogP contribution is 2.32. The van der Waals surface area contributed by atoms with E-state index in [1.165, 1.54) is 18.9 Å². The van der Waals surface area contributed by atoms with E-state index < -0.39 is 5.97 Å². The standard InChI is InChI=1S/C18H20N6O3S/c1-23-10-11(9-19-23)16-21-14-13(28-3)8-12(18(25)26-2)20-15(14)17(22-16)24-4-6-27-7-5-24/h8-10H,4-7H2,1-3H3. The molecule has 0 spiro atoms. The Balaban J connectivity index is 1.98. The molecular weight excluding hydrogens is 380 g/mol. The van der Waals surface area contributed by atoms with Crippen LogP contribution in [0, 0.1) is 0 Å². The van der Waals surface area contributed by atoms with Crippen molar-refractivity contribution < 1.29 is 14.3 Å². The van der Waals surface area contributed by atoms with E-state index >= 15 is 0 Å². The van der Waals surface area contributed by atoms with Gasteiger partial charge in [-0.3, -0.25) is 4.68 Å². The molecule has 4 heterocycles. The molecule has 1 aliphatic heterocycles. The summed E-state index contributed by atoms with van der Waals surface area (Å²) in [5.74, 6) is 0.777. The molecule has 9 nitrogen and oxygen atoms in total. The molecule has 1 aliphatic rings. The minimum atomic E-state index is -0.485. The van der Waals surface area contributed by atoms with Crippen LogP contribution in [0.15, 0.2) is 23.4 Å². The molecule has 4 rings (SSSR count). The van der Waals surface area contributed by atoms with Gasteiger partial charge >= 0.3 is 5.97 Å². The Labute approximate surface area is 166 Å². The molecule has 3 aromatic heterocycles. The van der Waals surface area contributed by atoms with Gasteiger partial charge in [-0.1, -0.05) is 0 Å². The van der Waals surface area contributed by atoms with Crippen molar-refractivity contribution in [2.45, 2.75) is 4.90 Å². The molecule has 0 aromatic carbocycles. The van der Waals surface area contributed by atoms with Crippen LogP contribution >= 0.6 is 11.8 Å². The summed E-state index contributed by atoms with van der Waals surface area (Å²) in [6.07, 6.45) is 5.55. The van der Waals surface area contributed by atoms with Crippen molar-refractivity contribution in [2.75, 3.05) is 44.6 Å². The second-order valence-corrected chi connectivity index (χ2v) is 7.12. The fraction of sp³-hybridized carbons (Fsp3) is 0.389. The number of methoxy groups -OCH3 is 1. The number of carbonyl (C=O) groups is 1. The van der Waals surface area contributed by atoms with E-state index in [-0.39, 0.29) is 5.69 Å². The number of aromatic nitrogens is 5. The second kappa shape index (κ2) is 7.72. The van der Waals surface area contributed by atoms with Gasteiger partial charge in [-0.05, 0) is 12.3 Å². The molecule has 28 heavy (non-hydrogen) atoms. The zero-order valence-corrected chi connectivity index (χ0v) is 16.7. The van der Waals surface area contributed by atoms with E-state index in [1.807, 2.05) is 19.5 Å². The molecule has 0 radical (unpaired) electrons. The van der Waals surface area contributed by atoms with Crippen LogP contribution in [0.4, 0.5) is 5.82 Å². The minimum Gasteiger partial charge on any atom is -0.464 e. The summed E-state index contributed by atoms with van der Waals surface area (Å²) in [6.45, 7) is 2.61. The second-order valence-electron chi connectivity index (χ2n) is 6.27. The molecular formula is C18H20N6O3S. The van der Waals surface area contributed by atoms with E-state index in [4.69, 9.17) is 19.4 Å². The van der Waals surface area contributed by atoms with Crippen molar-refractivity contribution in [1.82, 2.24) is 24.7 Å². The average Bonchev–Trinajstić information content (AvgIpc) is 3.18. The Hall–Kier alpha value is -2.72. The topological polar surface area (TPSA) is 95.3 Å². The lowest BCUT2D eigenvalue weighted by molar-refractivity contribution is 0.0594. The minimum absolute atomic E-state index is 0.242. The van der Waals surface area contributed by atoms with Gasteiger partial charge in [0.05, 0.1) is 32.1 Å². The highest BCUT2D eigenvalue weighted by Gasteiger charge is 2.23. The summed E-state index contributed by atoms with van der Waals surface area (Å²) in [4.78, 5) is 29.2. The lowest BCUT2D eigenvalue weighted by Gasteiger charge is -2.28. The Kier molecular flexibility index (Phi) is 5.14. The molecule has 0 amide bonds. The number of hydrogen-bond acceptors (Lipinski definition) is 9. The SMILES string of the molecule is COC(=O)c1cc(SC)c2nc(-c3cnn(C)c3)nc(N3CCOCC3)c2n1. The molecule has 0 aliphatic carbocycles. The third-order valence-electron chi connectivity index (χ3n) is 4.49. The number of thioether (sulfide) groups is 1. The van der Waals surface area contributed by atoms with E-state index in [9.17, 15) is 4.79 Å². The molecule has 0 unspecified atom stereocenters. The maximum atomic E-state index is 12.1. The molecule has 0 saturated carbocycles. The number of rotatable bonds is 4. The van der Waals surface area contributed by atoms with Crippen LogP contribution in [0.25, 0.3) is 22.4 Å². The number of hydrogen-bond donors (Lipinski definition) is 0. The van der Waals surface area contributed by atoms with Gasteiger partial charge in [0.1, 0.15) is 16.7 Å². The predicted molar refractivity (Wildman–Crippen MR) is 106 cm³/mol. The fourth-order valence-electron chi connectivity index (χ4n) is 3.09. The number of carbonyl (C=O) groups excluding carboxylic acids is 1. The number of pyridine rings is 1. The number of aryl methyl sites for hydroxylation is 1. The summed E-state index contributed by atoms with van der Waals surface area (Å²) in [5, 5.41) is 4.23. The average molecular weight is 400 g/mol. The molecule has 0 bridgehead atoms. The Morgan fingerprint density at radius 2 is 2.00 bits per heavy atom. The molecule has 0 atom stereocenters. The van der Waals surface area contributed by atoms with Gasteiger partial charge in [0, 0.05) is 31.2 Å². The molecule has 146 valence electrons. The highest BCUT2D eigenvalue weighted by atomic mass is 32.2. The fourth-order valence-corrected chi connectivity index (χ4v) is 3.65. The first-order valence-electron chi connectivity index (χ1n) is 8.77. The van der Waals surface area contributed by atoms with Crippen LogP contribution in [0.3, 0.4) is 0 Å². The Morgan fingerprint density at radius 3 is 2.64 bits per heavy atom. The number of fused-ring (bicyclic) bond motifs is 1. The van der Waals surface area contributed by atoms with Crippen molar-refractivity contribution in [3.63, 3.8) is 0 Å². The van der Waals surface area contributed by atoms with Gasteiger partial charge in [0.25, 0.3) is 0 Å². The number of nitrogens with zero attached hydrogens (tertiary/aromatic N) is 6. The number of ether oxygens (including phenoxy) is 2. The van der Waals surface area contributed by atoms with Crippen molar-refractivity contribution in [1.29, 1.82) is 0 Å². The monoisotopic (exact) mass is 400 g/mol. The smallest absolute Gasteiger partial charge is 0.356 e. The Bertz CT molecular complexity index is 1030. The van der Waals surface area contributed by atoms with Crippen LogP contribution in [-0.2, 0) is 16.5 Å². The first kappa shape index (κ1) is 18.6. The first-order chi connectivity index (χ1) is 13.6. The summed E-state index contributed by atoms with van der Waals surface area (Å²) < 4.78 is 12.1.